The second kappa shape index (κ2) is 6.08. The molecular formula is C20H21Cl2N3. The summed E-state index contributed by atoms with van der Waals surface area (Å²) in [5.41, 5.74) is 6.45. The van der Waals surface area contributed by atoms with E-state index in [0.717, 1.165) is 36.8 Å². The minimum Gasteiger partial charge on any atom is -0.371 e. The van der Waals surface area contributed by atoms with E-state index in [0.29, 0.717) is 16.0 Å². The molecule has 2 aromatic rings. The van der Waals surface area contributed by atoms with Gasteiger partial charge in [0.2, 0.25) is 0 Å². The Labute approximate surface area is 158 Å². The van der Waals surface area contributed by atoms with Gasteiger partial charge in [-0.3, -0.25) is 0 Å². The fourth-order valence-electron chi connectivity index (χ4n) is 4.73. The number of hydrogen-bond acceptors (Lipinski definition) is 3. The van der Waals surface area contributed by atoms with Crippen LogP contribution >= 0.6 is 23.2 Å². The molecule has 3 heterocycles. The van der Waals surface area contributed by atoms with Crippen LogP contribution in [0.2, 0.25) is 10.0 Å². The van der Waals surface area contributed by atoms with Crippen molar-refractivity contribution in [1.82, 2.24) is 5.32 Å². The molecule has 5 heteroatoms. The largest absolute Gasteiger partial charge is 0.371 e. The number of aryl methyl sites for hydroxylation is 1. The number of rotatable bonds is 2. The van der Waals surface area contributed by atoms with Crippen LogP contribution in [-0.4, -0.2) is 26.2 Å². The van der Waals surface area contributed by atoms with Crippen LogP contribution in [0.5, 0.6) is 0 Å². The van der Waals surface area contributed by atoms with E-state index in [1.165, 1.54) is 36.3 Å². The van der Waals surface area contributed by atoms with Crippen LogP contribution in [-0.2, 0) is 6.42 Å². The highest BCUT2D eigenvalue weighted by Crippen LogP contribution is 2.46. The van der Waals surface area contributed by atoms with Crippen molar-refractivity contribution >= 4 is 40.3 Å². The molecule has 1 saturated heterocycles. The molecule has 0 unspecified atom stereocenters. The van der Waals surface area contributed by atoms with Crippen molar-refractivity contribution in [3.63, 3.8) is 0 Å². The number of benzene rings is 2. The fraction of sp³-hybridized carbons (Fsp3) is 0.400. The highest BCUT2D eigenvalue weighted by molar-refractivity contribution is 6.43. The summed E-state index contributed by atoms with van der Waals surface area (Å²) in [6, 6.07) is 10.4. The van der Waals surface area contributed by atoms with Gasteiger partial charge in [0.05, 0.1) is 15.7 Å². The smallest absolute Gasteiger partial charge is 0.0827 e. The summed E-state index contributed by atoms with van der Waals surface area (Å²) in [6.07, 6.45) is 2.39. The number of halogens is 2. The van der Waals surface area contributed by atoms with Crippen LogP contribution in [0.25, 0.3) is 0 Å². The normalized spacial score (nSPS) is 24.0. The molecule has 0 bridgehead atoms. The maximum atomic E-state index is 6.37. The van der Waals surface area contributed by atoms with E-state index in [2.05, 4.69) is 27.7 Å². The highest BCUT2D eigenvalue weighted by atomic mass is 35.5. The van der Waals surface area contributed by atoms with E-state index in [1.54, 1.807) is 0 Å². The third kappa shape index (κ3) is 2.61. The zero-order valence-electron chi connectivity index (χ0n) is 14.0. The Morgan fingerprint density at radius 3 is 3.00 bits per heavy atom. The monoisotopic (exact) mass is 373 g/mol. The van der Waals surface area contributed by atoms with E-state index >= 15 is 0 Å². The molecule has 1 fully saturated rings. The van der Waals surface area contributed by atoms with Gasteiger partial charge in [-0.25, -0.2) is 0 Å². The third-order valence-corrected chi connectivity index (χ3v) is 6.65. The number of anilines is 3. The first-order chi connectivity index (χ1) is 12.2. The van der Waals surface area contributed by atoms with Crippen molar-refractivity contribution in [2.24, 2.45) is 5.92 Å². The molecule has 0 saturated carbocycles. The first kappa shape index (κ1) is 15.8. The van der Waals surface area contributed by atoms with Gasteiger partial charge in [-0.2, -0.15) is 0 Å². The van der Waals surface area contributed by atoms with Crippen LogP contribution in [0, 0.1) is 5.92 Å². The summed E-state index contributed by atoms with van der Waals surface area (Å²) in [5, 5.41) is 8.25. The van der Waals surface area contributed by atoms with Crippen LogP contribution in [0.1, 0.15) is 23.5 Å². The lowest BCUT2D eigenvalue weighted by Crippen LogP contribution is -2.41. The van der Waals surface area contributed by atoms with E-state index in [-0.39, 0.29) is 0 Å². The van der Waals surface area contributed by atoms with Gasteiger partial charge in [0, 0.05) is 43.5 Å². The quantitative estimate of drug-likeness (QED) is 0.790. The SMILES string of the molecule is Clc1cccc(Nc2cc3c4c(c2)[C@@H]2CNC[C@H]2CN4CCC3)c1Cl. The molecule has 3 nitrogen and oxygen atoms in total. The molecule has 3 aliphatic rings. The summed E-state index contributed by atoms with van der Waals surface area (Å²) in [4.78, 5) is 2.61. The minimum absolute atomic E-state index is 0.581. The zero-order chi connectivity index (χ0) is 17.0. The predicted molar refractivity (Wildman–Crippen MR) is 106 cm³/mol. The lowest BCUT2D eigenvalue weighted by Gasteiger charge is -2.42. The van der Waals surface area contributed by atoms with Gasteiger partial charge in [-0.1, -0.05) is 29.3 Å². The van der Waals surface area contributed by atoms with Crippen LogP contribution in [0.3, 0.4) is 0 Å². The molecule has 0 amide bonds. The number of hydrogen-bond donors (Lipinski definition) is 2. The van der Waals surface area contributed by atoms with Crippen molar-refractivity contribution < 1.29 is 0 Å². The van der Waals surface area contributed by atoms with Gasteiger partial charge >= 0.3 is 0 Å². The first-order valence-corrected chi connectivity index (χ1v) is 9.80. The Hall–Kier alpha value is -1.42. The van der Waals surface area contributed by atoms with Gasteiger partial charge in [-0.05, 0) is 54.2 Å². The molecule has 2 aromatic carbocycles. The molecule has 3 aliphatic heterocycles. The number of nitrogens with zero attached hydrogens (tertiary/aromatic N) is 1. The third-order valence-electron chi connectivity index (χ3n) is 5.83. The molecule has 0 aliphatic carbocycles. The lowest BCUT2D eigenvalue weighted by atomic mass is 9.80. The standard InChI is InChI=1S/C20H21Cl2N3/c21-17-4-1-5-18(19(17)22)24-14-7-12-3-2-6-25-11-13-9-23-10-16(13)15(8-14)20(12)25/h1,4-5,7-8,13,16,23-24H,2-3,6,9-11H2/t13-,16+/m0/s1. The molecule has 0 aromatic heterocycles. The van der Waals surface area contributed by atoms with Crippen LogP contribution < -0.4 is 15.5 Å². The molecular weight excluding hydrogens is 353 g/mol. The van der Waals surface area contributed by atoms with E-state index < -0.39 is 0 Å². The van der Waals surface area contributed by atoms with Crippen LogP contribution in [0.4, 0.5) is 17.1 Å². The Kier molecular flexibility index (Phi) is 3.85. The van der Waals surface area contributed by atoms with Crippen molar-refractivity contribution in [3.05, 3.63) is 51.5 Å². The molecule has 2 atom stereocenters. The van der Waals surface area contributed by atoms with Gasteiger partial charge in [0.25, 0.3) is 0 Å². The molecule has 25 heavy (non-hydrogen) atoms. The predicted octanol–water partition coefficient (Wildman–Crippen LogP) is 4.81. The summed E-state index contributed by atoms with van der Waals surface area (Å²) in [5.74, 6) is 1.35. The molecule has 0 radical (unpaired) electrons. The van der Waals surface area contributed by atoms with Crippen molar-refractivity contribution in [2.75, 3.05) is 36.4 Å². The van der Waals surface area contributed by atoms with E-state index in [1.807, 2.05) is 18.2 Å². The Morgan fingerprint density at radius 2 is 2.08 bits per heavy atom. The maximum absolute atomic E-state index is 6.37. The van der Waals surface area contributed by atoms with Crippen LogP contribution in [0.15, 0.2) is 30.3 Å². The van der Waals surface area contributed by atoms with Crippen molar-refractivity contribution in [3.8, 4) is 0 Å². The Morgan fingerprint density at radius 1 is 1.16 bits per heavy atom. The van der Waals surface area contributed by atoms with Gasteiger partial charge in [0.15, 0.2) is 0 Å². The van der Waals surface area contributed by atoms with Gasteiger partial charge in [-0.15, -0.1) is 0 Å². The first-order valence-electron chi connectivity index (χ1n) is 9.04. The van der Waals surface area contributed by atoms with Crippen molar-refractivity contribution in [2.45, 2.75) is 18.8 Å². The molecule has 2 N–H and O–H groups in total. The molecule has 130 valence electrons. The number of nitrogens with one attached hydrogen (secondary N) is 2. The van der Waals surface area contributed by atoms with Gasteiger partial charge < -0.3 is 15.5 Å². The highest BCUT2D eigenvalue weighted by Gasteiger charge is 2.38. The summed E-state index contributed by atoms with van der Waals surface area (Å²) in [7, 11) is 0. The Bertz CT molecular complexity index is 836. The maximum Gasteiger partial charge on any atom is 0.0827 e. The average molecular weight is 374 g/mol. The van der Waals surface area contributed by atoms with E-state index in [9.17, 15) is 0 Å². The topological polar surface area (TPSA) is 27.3 Å². The summed E-state index contributed by atoms with van der Waals surface area (Å²) < 4.78 is 0. The Balaban J connectivity index is 1.58. The fourth-order valence-corrected chi connectivity index (χ4v) is 5.08. The van der Waals surface area contributed by atoms with E-state index in [4.69, 9.17) is 23.2 Å². The molecule has 0 spiro atoms. The van der Waals surface area contributed by atoms with Crippen molar-refractivity contribution in [1.29, 1.82) is 0 Å². The van der Waals surface area contributed by atoms with Gasteiger partial charge in [0.1, 0.15) is 0 Å². The lowest BCUT2D eigenvalue weighted by molar-refractivity contribution is 0.470. The minimum atomic E-state index is 0.581. The number of fused-ring (bicyclic) bond motifs is 2. The molecule has 5 rings (SSSR count). The summed E-state index contributed by atoms with van der Waals surface area (Å²) in [6.45, 7) is 4.61. The average Bonchev–Trinajstić information content (AvgIpc) is 3.08. The zero-order valence-corrected chi connectivity index (χ0v) is 15.5. The summed E-state index contributed by atoms with van der Waals surface area (Å²) >= 11 is 12.5. The second-order valence-electron chi connectivity index (χ2n) is 7.37. The second-order valence-corrected chi connectivity index (χ2v) is 8.16.